The highest BCUT2D eigenvalue weighted by atomic mass is 35.5. The average molecular weight is 794 g/mol. The predicted octanol–water partition coefficient (Wildman–Crippen LogP) is 4.11. The lowest BCUT2D eigenvalue weighted by molar-refractivity contribution is -0.120. The van der Waals surface area contributed by atoms with Crippen LogP contribution in [0.15, 0.2) is 48.7 Å². The zero-order chi connectivity index (χ0) is 39.4. The van der Waals surface area contributed by atoms with Gasteiger partial charge in [-0.25, -0.2) is 14.3 Å². The quantitative estimate of drug-likeness (QED) is 0.225. The van der Waals surface area contributed by atoms with Crippen molar-refractivity contribution in [3.05, 3.63) is 76.1 Å². The maximum absolute atomic E-state index is 13.5. The van der Waals surface area contributed by atoms with E-state index in [1.807, 2.05) is 18.0 Å². The maximum Gasteiger partial charge on any atom is 0.328 e. The van der Waals surface area contributed by atoms with E-state index in [-0.39, 0.29) is 35.9 Å². The van der Waals surface area contributed by atoms with Gasteiger partial charge in [0.25, 0.3) is 11.8 Å². The molecule has 2 aromatic carbocycles. The van der Waals surface area contributed by atoms with E-state index in [4.69, 9.17) is 22.4 Å². The van der Waals surface area contributed by atoms with Gasteiger partial charge in [0, 0.05) is 83.1 Å². The Morgan fingerprint density at radius 1 is 0.947 bits per heavy atom. The van der Waals surface area contributed by atoms with Gasteiger partial charge in [-0.05, 0) is 91.9 Å². The third kappa shape index (κ3) is 7.06. The van der Waals surface area contributed by atoms with Gasteiger partial charge in [0.2, 0.25) is 5.91 Å². The monoisotopic (exact) mass is 793 g/mol. The van der Waals surface area contributed by atoms with E-state index in [2.05, 4.69) is 48.5 Å². The topological polar surface area (TPSA) is 165 Å². The van der Waals surface area contributed by atoms with Crippen LogP contribution in [0, 0.1) is 11.3 Å². The number of imidazole rings is 1. The van der Waals surface area contributed by atoms with Crippen LogP contribution in [-0.2, 0) is 17.8 Å². The number of hydrogen-bond acceptors (Lipinski definition) is 10. The Balaban J connectivity index is 0.753. The fourth-order valence-corrected chi connectivity index (χ4v) is 9.85. The molecule has 298 valence electrons. The lowest BCUT2D eigenvalue weighted by atomic mass is 9.71. The number of piperidine rings is 2. The second kappa shape index (κ2) is 14.9. The summed E-state index contributed by atoms with van der Waals surface area (Å²) < 4.78 is 1.53. The molecule has 4 fully saturated rings. The normalized spacial score (nSPS) is 20.2. The van der Waals surface area contributed by atoms with Crippen LogP contribution in [-0.4, -0.2) is 119 Å². The third-order valence-electron chi connectivity index (χ3n) is 12.8. The number of urea groups is 1. The smallest absolute Gasteiger partial charge is 0.328 e. The van der Waals surface area contributed by atoms with Crippen molar-refractivity contribution in [2.24, 2.45) is 17.1 Å². The van der Waals surface area contributed by atoms with E-state index in [0.29, 0.717) is 40.9 Å². The number of nitrogens with one attached hydrogen (secondary N) is 2. The first-order chi connectivity index (χ1) is 27.6. The van der Waals surface area contributed by atoms with Crippen LogP contribution in [0.3, 0.4) is 0 Å². The number of fused-ring (bicyclic) bond motifs is 2. The number of aromatic nitrogens is 3. The Labute approximate surface area is 336 Å². The van der Waals surface area contributed by atoms with Crippen molar-refractivity contribution < 1.29 is 19.2 Å². The number of nitrogens with two attached hydrogens (primary N) is 1. The van der Waals surface area contributed by atoms with Crippen molar-refractivity contribution in [2.45, 2.75) is 45.1 Å². The number of carbonyl (C=O) groups is 4. The first-order valence-corrected chi connectivity index (χ1v) is 20.4. The zero-order valence-electron chi connectivity index (χ0n) is 32.2. The Hall–Kier alpha value is -5.25. The number of benzene rings is 2. The van der Waals surface area contributed by atoms with Gasteiger partial charge < -0.3 is 25.8 Å². The summed E-state index contributed by atoms with van der Waals surface area (Å²) in [7, 11) is 1.83. The molecular formula is C41H48ClN11O4. The van der Waals surface area contributed by atoms with E-state index in [9.17, 15) is 19.2 Å². The van der Waals surface area contributed by atoms with Crippen molar-refractivity contribution in [3.63, 3.8) is 0 Å². The van der Waals surface area contributed by atoms with Crippen LogP contribution in [0.25, 0.3) is 5.65 Å². The Morgan fingerprint density at radius 3 is 2.46 bits per heavy atom. The highest BCUT2D eigenvalue weighted by molar-refractivity contribution is 6.34. The van der Waals surface area contributed by atoms with E-state index in [0.717, 1.165) is 82.3 Å². The summed E-state index contributed by atoms with van der Waals surface area (Å²) in [6.45, 7) is 8.88. The molecule has 0 radical (unpaired) electrons. The number of anilines is 4. The predicted molar refractivity (Wildman–Crippen MR) is 217 cm³/mol. The highest BCUT2D eigenvalue weighted by Gasteiger charge is 2.46. The zero-order valence-corrected chi connectivity index (χ0v) is 32.9. The maximum atomic E-state index is 13.5. The third-order valence-corrected chi connectivity index (χ3v) is 13.1. The molecule has 4 aromatic rings. The average Bonchev–Trinajstić information content (AvgIpc) is 3.84. The summed E-state index contributed by atoms with van der Waals surface area (Å²) in [6.07, 6.45) is 6.94. The molecule has 0 aliphatic carbocycles. The van der Waals surface area contributed by atoms with Crippen molar-refractivity contribution in [2.75, 3.05) is 81.1 Å². The molecule has 57 heavy (non-hydrogen) atoms. The molecule has 5 aliphatic rings. The van der Waals surface area contributed by atoms with Crippen molar-refractivity contribution in [1.29, 1.82) is 0 Å². The Bertz CT molecular complexity index is 2250. The number of amides is 5. The lowest BCUT2D eigenvalue weighted by Crippen LogP contribution is -2.61. The van der Waals surface area contributed by atoms with E-state index in [1.165, 1.54) is 39.6 Å². The number of likely N-dealkylation sites (tertiary alicyclic amines) is 3. The van der Waals surface area contributed by atoms with Crippen LogP contribution in [0.4, 0.5) is 27.7 Å². The number of halogens is 1. The molecule has 0 bridgehead atoms. The molecule has 1 spiro atoms. The molecule has 0 atom stereocenters. The lowest BCUT2D eigenvalue weighted by Gasteiger charge is -2.55. The number of carbonyl (C=O) groups excluding carboxylic acids is 4. The molecule has 7 heterocycles. The molecule has 0 saturated carbocycles. The summed E-state index contributed by atoms with van der Waals surface area (Å²) in [6, 6.07) is 13.1. The fraction of sp³-hybridized carbons (Fsp3) is 0.463. The van der Waals surface area contributed by atoms with Crippen molar-refractivity contribution >= 4 is 63.9 Å². The first kappa shape index (κ1) is 37.3. The first-order valence-electron chi connectivity index (χ1n) is 20.0. The molecule has 4 N–H and O–H groups in total. The molecule has 9 rings (SSSR count). The second-order valence-electron chi connectivity index (χ2n) is 16.3. The van der Waals surface area contributed by atoms with Crippen molar-refractivity contribution in [1.82, 2.24) is 34.6 Å². The summed E-state index contributed by atoms with van der Waals surface area (Å²) in [4.78, 5) is 64.9. The standard InChI is InChI=1S/C41H48ClN11O4/c1-44-31-20-35(47-53-34(37(43)55)21-45-38(31)53)51-15-9-29-28(3-2-4-32(29)51)23-48-13-7-26(8-14-48)22-49-24-41(25-49)11-17-50(18-12-41)39(56)27-5-6-30(42)33(19-27)52-16-10-36(54)46-40(52)57/h2-6,19-21,26,44H,7-18,22-25H2,1H3,(H2,43,55)(H,46,54,57). The molecule has 2 aromatic heterocycles. The molecule has 16 heteroatoms. The Kier molecular flexibility index (Phi) is 9.77. The summed E-state index contributed by atoms with van der Waals surface area (Å²) in [5.41, 5.74) is 12.3. The molecule has 5 aliphatic heterocycles. The molecular weight excluding hydrogens is 746 g/mol. The van der Waals surface area contributed by atoms with E-state index >= 15 is 0 Å². The van der Waals surface area contributed by atoms with E-state index < -0.39 is 11.9 Å². The van der Waals surface area contributed by atoms with Gasteiger partial charge in [-0.15, -0.1) is 5.10 Å². The van der Waals surface area contributed by atoms with Gasteiger partial charge in [-0.2, -0.15) is 0 Å². The van der Waals surface area contributed by atoms with E-state index in [1.54, 1.807) is 18.2 Å². The number of nitrogens with zero attached hydrogens (tertiary/aromatic N) is 8. The van der Waals surface area contributed by atoms with Crippen LogP contribution >= 0.6 is 11.6 Å². The van der Waals surface area contributed by atoms with Gasteiger partial charge in [-0.1, -0.05) is 23.7 Å². The summed E-state index contributed by atoms with van der Waals surface area (Å²) in [5, 5.41) is 10.7. The number of hydrogen-bond donors (Lipinski definition) is 3. The van der Waals surface area contributed by atoms with Gasteiger partial charge in [-0.3, -0.25) is 29.5 Å². The minimum absolute atomic E-state index is 0.0512. The van der Waals surface area contributed by atoms with Crippen molar-refractivity contribution in [3.8, 4) is 0 Å². The van der Waals surface area contributed by atoms with Crippen LogP contribution in [0.1, 0.15) is 64.1 Å². The minimum Gasteiger partial charge on any atom is -0.385 e. The minimum atomic E-state index is -0.567. The molecule has 4 saturated heterocycles. The van der Waals surface area contributed by atoms with Gasteiger partial charge in [0.15, 0.2) is 11.5 Å². The van der Waals surface area contributed by atoms with Crippen LogP contribution in [0.5, 0.6) is 0 Å². The summed E-state index contributed by atoms with van der Waals surface area (Å²) >= 11 is 6.42. The SMILES string of the molecule is CNc1cc(N2CCc3c(CN4CCC(CN5CC6(CCN(C(=O)c7ccc(Cl)c(N8CCC(=O)NC8=O)c7)CC6)C5)CC4)cccc32)nn2c(C(N)=O)cnc12. The largest absolute Gasteiger partial charge is 0.385 e. The number of imide groups is 1. The molecule has 0 unspecified atom stereocenters. The highest BCUT2D eigenvalue weighted by Crippen LogP contribution is 2.42. The second-order valence-corrected chi connectivity index (χ2v) is 16.7. The summed E-state index contributed by atoms with van der Waals surface area (Å²) in [5.74, 6) is 0.500. The molecule has 5 amide bonds. The number of rotatable bonds is 9. The molecule has 15 nitrogen and oxygen atoms in total. The van der Waals surface area contributed by atoms with Gasteiger partial charge in [0.05, 0.1) is 22.6 Å². The van der Waals surface area contributed by atoms with Crippen LogP contribution in [0.2, 0.25) is 5.02 Å². The Morgan fingerprint density at radius 2 is 1.72 bits per heavy atom. The van der Waals surface area contributed by atoms with Gasteiger partial charge >= 0.3 is 6.03 Å². The van der Waals surface area contributed by atoms with Crippen LogP contribution < -0.4 is 26.2 Å². The number of primary amides is 1. The van der Waals surface area contributed by atoms with Gasteiger partial charge in [0.1, 0.15) is 5.69 Å². The fourth-order valence-electron chi connectivity index (χ4n) is 9.63.